The molecule has 1 aromatic heterocycles. The van der Waals surface area contributed by atoms with Gasteiger partial charge in [0.1, 0.15) is 11.4 Å². The Balaban J connectivity index is 3.21. The van der Waals surface area contributed by atoms with E-state index in [1.807, 2.05) is 4.90 Å². The molecule has 6 heteroatoms. The summed E-state index contributed by atoms with van der Waals surface area (Å²) < 4.78 is 1.58. The van der Waals surface area contributed by atoms with Crippen LogP contribution in [0.5, 0.6) is 0 Å². The molecular formula is C13H20N4O2. The molecule has 104 valence electrons. The minimum atomic E-state index is -0.980. The second-order valence-corrected chi connectivity index (χ2v) is 4.96. The van der Waals surface area contributed by atoms with Gasteiger partial charge in [0.25, 0.3) is 0 Å². The van der Waals surface area contributed by atoms with Gasteiger partial charge in [-0.1, -0.05) is 13.8 Å². The number of carbonyl (C=O) groups is 1. The van der Waals surface area contributed by atoms with Crippen LogP contribution in [0.1, 0.15) is 36.3 Å². The van der Waals surface area contributed by atoms with Crippen LogP contribution in [-0.4, -0.2) is 33.9 Å². The lowest BCUT2D eigenvalue weighted by Crippen LogP contribution is -2.31. The quantitative estimate of drug-likeness (QED) is 0.847. The maximum Gasteiger partial charge on any atom is 0.341 e. The molecule has 0 aliphatic rings. The van der Waals surface area contributed by atoms with Crippen LogP contribution in [0.2, 0.25) is 0 Å². The van der Waals surface area contributed by atoms with E-state index in [-0.39, 0.29) is 5.56 Å². The average molecular weight is 264 g/mol. The zero-order chi connectivity index (χ0) is 14.6. The number of nitrogens with zero attached hydrogens (tertiary/aromatic N) is 4. The molecule has 0 atom stereocenters. The van der Waals surface area contributed by atoms with Crippen molar-refractivity contribution >= 4 is 11.8 Å². The van der Waals surface area contributed by atoms with Crippen LogP contribution in [-0.2, 0) is 7.05 Å². The van der Waals surface area contributed by atoms with Gasteiger partial charge in [0, 0.05) is 20.1 Å². The Labute approximate surface area is 113 Å². The van der Waals surface area contributed by atoms with E-state index >= 15 is 0 Å². The Kier molecular flexibility index (Phi) is 4.93. The van der Waals surface area contributed by atoms with Gasteiger partial charge in [0.2, 0.25) is 0 Å². The van der Waals surface area contributed by atoms with Crippen LogP contribution in [0.3, 0.4) is 0 Å². The van der Waals surface area contributed by atoms with Gasteiger partial charge in [-0.05, 0) is 12.8 Å². The maximum atomic E-state index is 11.4. The molecule has 0 radical (unpaired) electrons. The lowest BCUT2D eigenvalue weighted by atomic mass is 10.1. The smallest absolute Gasteiger partial charge is 0.341 e. The van der Waals surface area contributed by atoms with Gasteiger partial charge in [-0.15, -0.1) is 0 Å². The van der Waals surface area contributed by atoms with Crippen LogP contribution in [0.4, 0.5) is 5.82 Å². The van der Waals surface area contributed by atoms with Crippen molar-refractivity contribution < 1.29 is 9.90 Å². The third-order valence-electron chi connectivity index (χ3n) is 2.78. The highest BCUT2D eigenvalue weighted by atomic mass is 16.4. The van der Waals surface area contributed by atoms with Crippen LogP contribution in [0.15, 0.2) is 0 Å². The Bertz CT molecular complexity index is 499. The number of aryl methyl sites for hydroxylation is 2. The number of aromatic carboxylic acids is 1. The first kappa shape index (κ1) is 15.0. The van der Waals surface area contributed by atoms with Gasteiger partial charge >= 0.3 is 5.97 Å². The van der Waals surface area contributed by atoms with Gasteiger partial charge in [0.05, 0.1) is 18.2 Å². The van der Waals surface area contributed by atoms with E-state index in [1.165, 1.54) is 0 Å². The summed E-state index contributed by atoms with van der Waals surface area (Å²) in [5, 5.41) is 22.2. The number of aromatic nitrogens is 2. The molecule has 0 bridgehead atoms. The lowest BCUT2D eigenvalue weighted by Gasteiger charge is -2.26. The normalized spacial score (nSPS) is 10.5. The molecule has 0 spiro atoms. The molecule has 1 aromatic rings. The second kappa shape index (κ2) is 6.23. The minimum Gasteiger partial charge on any atom is -0.477 e. The molecule has 6 nitrogen and oxygen atoms in total. The standard InChI is InChI=1S/C13H20N4O2/c1-9(2)8-17(7-5-6-14)12-11(13(18)19)10(3)15-16(12)4/h9H,5,7-8H2,1-4H3,(H,18,19). The van der Waals surface area contributed by atoms with E-state index in [4.69, 9.17) is 5.26 Å². The summed E-state index contributed by atoms with van der Waals surface area (Å²) in [5.74, 6) is -0.0317. The maximum absolute atomic E-state index is 11.4. The molecule has 1 N–H and O–H groups in total. The summed E-state index contributed by atoms with van der Waals surface area (Å²) in [5.41, 5.74) is 0.719. The first-order valence-electron chi connectivity index (χ1n) is 6.27. The Morgan fingerprint density at radius 1 is 1.58 bits per heavy atom. The summed E-state index contributed by atoms with van der Waals surface area (Å²) in [6, 6.07) is 2.10. The van der Waals surface area contributed by atoms with Gasteiger partial charge in [-0.3, -0.25) is 4.68 Å². The zero-order valence-electron chi connectivity index (χ0n) is 11.8. The van der Waals surface area contributed by atoms with Crippen LogP contribution < -0.4 is 4.90 Å². The molecule has 0 saturated heterocycles. The number of carboxylic acid groups (broad SMARTS) is 1. The highest BCUT2D eigenvalue weighted by Crippen LogP contribution is 2.24. The minimum absolute atomic E-state index is 0.223. The number of rotatable bonds is 6. The van der Waals surface area contributed by atoms with E-state index < -0.39 is 5.97 Å². The summed E-state index contributed by atoms with van der Waals surface area (Å²) in [6.07, 6.45) is 0.357. The topological polar surface area (TPSA) is 82.2 Å². The average Bonchev–Trinajstić information content (AvgIpc) is 2.59. The van der Waals surface area contributed by atoms with Crippen LogP contribution in [0, 0.1) is 24.2 Å². The van der Waals surface area contributed by atoms with Crippen molar-refractivity contribution in [2.24, 2.45) is 13.0 Å². The largest absolute Gasteiger partial charge is 0.477 e. The molecule has 1 rings (SSSR count). The van der Waals surface area contributed by atoms with E-state index in [0.29, 0.717) is 36.9 Å². The number of nitriles is 1. The fraction of sp³-hybridized carbons (Fsp3) is 0.615. The van der Waals surface area contributed by atoms with Crippen molar-refractivity contribution in [3.63, 3.8) is 0 Å². The van der Waals surface area contributed by atoms with E-state index in [2.05, 4.69) is 25.0 Å². The first-order valence-corrected chi connectivity index (χ1v) is 6.27. The first-order chi connectivity index (χ1) is 8.88. The number of hydrogen-bond donors (Lipinski definition) is 1. The Morgan fingerprint density at radius 3 is 2.68 bits per heavy atom. The van der Waals surface area contributed by atoms with Crippen molar-refractivity contribution in [3.05, 3.63) is 11.3 Å². The summed E-state index contributed by atoms with van der Waals surface area (Å²) in [4.78, 5) is 13.3. The highest BCUT2D eigenvalue weighted by molar-refractivity contribution is 5.94. The van der Waals surface area contributed by atoms with Gasteiger partial charge < -0.3 is 10.0 Å². The lowest BCUT2D eigenvalue weighted by molar-refractivity contribution is 0.0696. The van der Waals surface area contributed by atoms with Crippen molar-refractivity contribution in [2.75, 3.05) is 18.0 Å². The molecule has 0 unspecified atom stereocenters. The Hall–Kier alpha value is -2.03. The number of anilines is 1. The predicted octanol–water partition coefficient (Wildman–Crippen LogP) is 1.80. The number of hydrogen-bond acceptors (Lipinski definition) is 4. The molecule has 0 amide bonds. The van der Waals surface area contributed by atoms with E-state index in [1.54, 1.807) is 18.7 Å². The monoisotopic (exact) mass is 264 g/mol. The van der Waals surface area contributed by atoms with Gasteiger partial charge in [-0.25, -0.2) is 4.79 Å². The fourth-order valence-corrected chi connectivity index (χ4v) is 2.17. The third kappa shape index (κ3) is 3.47. The molecule has 0 aliphatic heterocycles. The summed E-state index contributed by atoms with van der Waals surface area (Å²) in [6.45, 7) is 7.01. The zero-order valence-corrected chi connectivity index (χ0v) is 11.8. The summed E-state index contributed by atoms with van der Waals surface area (Å²) in [7, 11) is 1.73. The van der Waals surface area contributed by atoms with Crippen molar-refractivity contribution in [3.8, 4) is 6.07 Å². The van der Waals surface area contributed by atoms with E-state index in [0.717, 1.165) is 0 Å². The van der Waals surface area contributed by atoms with Crippen molar-refractivity contribution in [1.82, 2.24) is 9.78 Å². The van der Waals surface area contributed by atoms with E-state index in [9.17, 15) is 9.90 Å². The molecule has 1 heterocycles. The molecule has 0 saturated carbocycles. The van der Waals surface area contributed by atoms with Crippen molar-refractivity contribution in [2.45, 2.75) is 27.2 Å². The Morgan fingerprint density at radius 2 is 2.21 bits per heavy atom. The fourth-order valence-electron chi connectivity index (χ4n) is 2.17. The number of carboxylic acids is 1. The summed E-state index contributed by atoms with van der Waals surface area (Å²) >= 11 is 0. The molecule has 0 fully saturated rings. The van der Waals surface area contributed by atoms with Crippen LogP contribution >= 0.6 is 0 Å². The van der Waals surface area contributed by atoms with Gasteiger partial charge in [0.15, 0.2) is 0 Å². The molecular weight excluding hydrogens is 244 g/mol. The van der Waals surface area contributed by atoms with Crippen LogP contribution in [0.25, 0.3) is 0 Å². The van der Waals surface area contributed by atoms with Crippen molar-refractivity contribution in [1.29, 1.82) is 5.26 Å². The molecule has 19 heavy (non-hydrogen) atoms. The molecule has 0 aromatic carbocycles. The molecule has 0 aliphatic carbocycles. The van der Waals surface area contributed by atoms with Gasteiger partial charge in [-0.2, -0.15) is 10.4 Å². The second-order valence-electron chi connectivity index (χ2n) is 4.96. The predicted molar refractivity (Wildman–Crippen MR) is 72.2 cm³/mol. The highest BCUT2D eigenvalue weighted by Gasteiger charge is 2.24. The third-order valence-corrected chi connectivity index (χ3v) is 2.78. The SMILES string of the molecule is Cc1nn(C)c(N(CCC#N)CC(C)C)c1C(=O)O.